The third-order valence-corrected chi connectivity index (χ3v) is 3.90. The zero-order chi connectivity index (χ0) is 9.80. The van der Waals surface area contributed by atoms with Gasteiger partial charge in [-0.1, -0.05) is 19.8 Å². The summed E-state index contributed by atoms with van der Waals surface area (Å²) in [5.41, 5.74) is 0. The summed E-state index contributed by atoms with van der Waals surface area (Å²) in [5, 5.41) is 3.47. The number of nitrogens with one attached hydrogen (secondary N) is 1. The van der Waals surface area contributed by atoms with Crippen molar-refractivity contribution in [3.63, 3.8) is 0 Å². The van der Waals surface area contributed by atoms with E-state index in [1.54, 1.807) is 0 Å². The minimum atomic E-state index is 0.917. The molecule has 1 aliphatic carbocycles. The molecule has 1 atom stereocenters. The van der Waals surface area contributed by atoms with E-state index in [-0.39, 0.29) is 0 Å². The Kier molecular flexibility index (Phi) is 3.82. The summed E-state index contributed by atoms with van der Waals surface area (Å²) < 4.78 is 0. The molecule has 1 saturated carbocycles. The predicted molar refractivity (Wildman–Crippen MR) is 60.5 cm³/mol. The first kappa shape index (κ1) is 10.4. The maximum absolute atomic E-state index is 3.47. The Labute approximate surface area is 88.1 Å². The van der Waals surface area contributed by atoms with Crippen LogP contribution in [-0.4, -0.2) is 37.1 Å². The molecule has 0 radical (unpaired) electrons. The summed E-state index contributed by atoms with van der Waals surface area (Å²) in [5.74, 6) is 0.926. The summed E-state index contributed by atoms with van der Waals surface area (Å²) in [4.78, 5) is 2.73. The van der Waals surface area contributed by atoms with E-state index in [0.717, 1.165) is 12.0 Å². The normalized spacial score (nSPS) is 29.1. The molecule has 14 heavy (non-hydrogen) atoms. The van der Waals surface area contributed by atoms with Gasteiger partial charge in [0.25, 0.3) is 0 Å². The largest absolute Gasteiger partial charge is 0.316 e. The molecule has 82 valence electrons. The Morgan fingerprint density at radius 3 is 2.57 bits per heavy atom. The Morgan fingerprint density at radius 1 is 1.21 bits per heavy atom. The molecule has 2 fully saturated rings. The van der Waals surface area contributed by atoms with Crippen LogP contribution >= 0.6 is 0 Å². The first-order chi connectivity index (χ1) is 6.90. The van der Waals surface area contributed by atoms with Gasteiger partial charge in [0.15, 0.2) is 0 Å². The lowest BCUT2D eigenvalue weighted by molar-refractivity contribution is 0.181. The van der Waals surface area contributed by atoms with Crippen LogP contribution in [0, 0.1) is 5.92 Å². The highest BCUT2D eigenvalue weighted by atomic mass is 15.2. The second-order valence-corrected chi connectivity index (χ2v) is 4.88. The molecule has 0 amide bonds. The summed E-state index contributed by atoms with van der Waals surface area (Å²) in [6, 6.07) is 0.917. The van der Waals surface area contributed by atoms with Gasteiger partial charge in [-0.3, -0.25) is 0 Å². The average molecular weight is 196 g/mol. The lowest BCUT2D eigenvalue weighted by Crippen LogP contribution is -2.37. The molecule has 1 N–H and O–H groups in total. The fraction of sp³-hybridized carbons (Fsp3) is 1.00. The zero-order valence-corrected chi connectivity index (χ0v) is 9.47. The van der Waals surface area contributed by atoms with Crippen molar-refractivity contribution in [1.29, 1.82) is 0 Å². The Bertz CT molecular complexity index is 158. The second kappa shape index (κ2) is 5.13. The third-order valence-electron chi connectivity index (χ3n) is 3.90. The van der Waals surface area contributed by atoms with Crippen molar-refractivity contribution in [2.24, 2.45) is 5.92 Å². The van der Waals surface area contributed by atoms with Crippen LogP contribution in [0.4, 0.5) is 0 Å². The van der Waals surface area contributed by atoms with Crippen molar-refractivity contribution in [2.75, 3.05) is 26.2 Å². The van der Waals surface area contributed by atoms with Gasteiger partial charge in [-0.2, -0.15) is 0 Å². The Morgan fingerprint density at radius 2 is 2.00 bits per heavy atom. The number of hydrogen-bond donors (Lipinski definition) is 1. The molecule has 0 bridgehead atoms. The van der Waals surface area contributed by atoms with Gasteiger partial charge in [0.1, 0.15) is 0 Å². The van der Waals surface area contributed by atoms with Crippen LogP contribution in [-0.2, 0) is 0 Å². The molecule has 2 aliphatic rings. The zero-order valence-electron chi connectivity index (χ0n) is 9.47. The minimum Gasteiger partial charge on any atom is -0.316 e. The molecule has 1 heterocycles. The Balaban J connectivity index is 1.79. The van der Waals surface area contributed by atoms with Crippen molar-refractivity contribution >= 4 is 0 Å². The van der Waals surface area contributed by atoms with Gasteiger partial charge in [-0.25, -0.2) is 0 Å². The highest BCUT2D eigenvalue weighted by Crippen LogP contribution is 2.24. The lowest BCUT2D eigenvalue weighted by atomic mass is 10.1. The molecule has 0 spiro atoms. The molecule has 2 heteroatoms. The molecular weight excluding hydrogens is 172 g/mol. The van der Waals surface area contributed by atoms with E-state index in [2.05, 4.69) is 17.1 Å². The lowest BCUT2D eigenvalue weighted by Gasteiger charge is -2.29. The summed E-state index contributed by atoms with van der Waals surface area (Å²) in [6.45, 7) is 7.41. The first-order valence-electron chi connectivity index (χ1n) is 6.35. The summed E-state index contributed by atoms with van der Waals surface area (Å²) >= 11 is 0. The topological polar surface area (TPSA) is 15.3 Å². The molecule has 1 aliphatic heterocycles. The maximum Gasteiger partial charge on any atom is 0.00952 e. The molecular formula is C12H24N2. The minimum absolute atomic E-state index is 0.917. The van der Waals surface area contributed by atoms with Crippen molar-refractivity contribution in [2.45, 2.75) is 45.1 Å². The van der Waals surface area contributed by atoms with Crippen LogP contribution in [0.25, 0.3) is 0 Å². The third kappa shape index (κ3) is 2.48. The summed E-state index contributed by atoms with van der Waals surface area (Å²) in [6.07, 6.45) is 7.22. The Hall–Kier alpha value is -0.0800. The SMILES string of the molecule is CCN(CC1CCNC1)C1CCCC1. The molecule has 1 saturated heterocycles. The standard InChI is InChI=1S/C12H24N2/c1-2-14(12-5-3-4-6-12)10-11-7-8-13-9-11/h11-13H,2-10H2,1H3. The van der Waals surface area contributed by atoms with Crippen molar-refractivity contribution in [3.8, 4) is 0 Å². The molecule has 0 aromatic rings. The van der Waals surface area contributed by atoms with Crippen molar-refractivity contribution in [3.05, 3.63) is 0 Å². The maximum atomic E-state index is 3.47. The van der Waals surface area contributed by atoms with Crippen LogP contribution in [0.15, 0.2) is 0 Å². The van der Waals surface area contributed by atoms with Crippen LogP contribution in [0.1, 0.15) is 39.0 Å². The fourth-order valence-electron chi connectivity index (χ4n) is 3.01. The van der Waals surface area contributed by atoms with Crippen molar-refractivity contribution < 1.29 is 0 Å². The average Bonchev–Trinajstić information content (AvgIpc) is 2.86. The fourth-order valence-corrected chi connectivity index (χ4v) is 3.01. The van der Waals surface area contributed by atoms with Crippen LogP contribution in [0.2, 0.25) is 0 Å². The van der Waals surface area contributed by atoms with Gasteiger partial charge in [-0.05, 0) is 44.8 Å². The molecule has 2 nitrogen and oxygen atoms in total. The first-order valence-corrected chi connectivity index (χ1v) is 6.35. The van der Waals surface area contributed by atoms with Gasteiger partial charge in [0, 0.05) is 12.6 Å². The van der Waals surface area contributed by atoms with Gasteiger partial charge in [0.2, 0.25) is 0 Å². The van der Waals surface area contributed by atoms with E-state index in [1.165, 1.54) is 58.3 Å². The second-order valence-electron chi connectivity index (χ2n) is 4.88. The smallest absolute Gasteiger partial charge is 0.00952 e. The van der Waals surface area contributed by atoms with Crippen molar-refractivity contribution in [1.82, 2.24) is 10.2 Å². The van der Waals surface area contributed by atoms with E-state index in [1.807, 2.05) is 0 Å². The van der Waals surface area contributed by atoms with E-state index in [4.69, 9.17) is 0 Å². The quantitative estimate of drug-likeness (QED) is 0.738. The van der Waals surface area contributed by atoms with Gasteiger partial charge in [-0.15, -0.1) is 0 Å². The van der Waals surface area contributed by atoms with E-state index < -0.39 is 0 Å². The van der Waals surface area contributed by atoms with Gasteiger partial charge >= 0.3 is 0 Å². The van der Waals surface area contributed by atoms with E-state index in [9.17, 15) is 0 Å². The highest BCUT2D eigenvalue weighted by molar-refractivity contribution is 4.81. The number of hydrogen-bond acceptors (Lipinski definition) is 2. The van der Waals surface area contributed by atoms with Crippen LogP contribution in [0.3, 0.4) is 0 Å². The van der Waals surface area contributed by atoms with Gasteiger partial charge < -0.3 is 10.2 Å². The van der Waals surface area contributed by atoms with Crippen LogP contribution < -0.4 is 5.32 Å². The molecule has 0 aromatic heterocycles. The highest BCUT2D eigenvalue weighted by Gasteiger charge is 2.24. The molecule has 1 unspecified atom stereocenters. The monoisotopic (exact) mass is 196 g/mol. The molecule has 0 aromatic carbocycles. The number of nitrogens with zero attached hydrogens (tertiary/aromatic N) is 1. The number of rotatable bonds is 4. The van der Waals surface area contributed by atoms with Gasteiger partial charge in [0.05, 0.1) is 0 Å². The molecule has 2 rings (SSSR count). The predicted octanol–water partition coefficient (Wildman–Crippen LogP) is 1.86. The van der Waals surface area contributed by atoms with Crippen LogP contribution in [0.5, 0.6) is 0 Å². The summed E-state index contributed by atoms with van der Waals surface area (Å²) in [7, 11) is 0. The van der Waals surface area contributed by atoms with E-state index in [0.29, 0.717) is 0 Å². The van der Waals surface area contributed by atoms with E-state index >= 15 is 0 Å².